The predicted octanol–water partition coefficient (Wildman–Crippen LogP) is 3.04. The Balaban J connectivity index is 1.80. The van der Waals surface area contributed by atoms with Crippen LogP contribution in [0.3, 0.4) is 0 Å². The summed E-state index contributed by atoms with van der Waals surface area (Å²) in [4.78, 5) is 1.49. The lowest BCUT2D eigenvalue weighted by molar-refractivity contribution is 0.541. The van der Waals surface area contributed by atoms with Gasteiger partial charge in [-0.25, -0.2) is 0 Å². The van der Waals surface area contributed by atoms with E-state index < -0.39 is 0 Å². The summed E-state index contributed by atoms with van der Waals surface area (Å²) >= 11 is 3.95. The van der Waals surface area contributed by atoms with Crippen LogP contribution in [0.5, 0.6) is 0 Å². The second-order valence-electron chi connectivity index (χ2n) is 3.98. The van der Waals surface area contributed by atoms with Crippen LogP contribution in [0.2, 0.25) is 0 Å². The molecule has 0 spiro atoms. The van der Waals surface area contributed by atoms with Gasteiger partial charge in [-0.05, 0) is 30.4 Å². The van der Waals surface area contributed by atoms with E-state index in [9.17, 15) is 0 Å². The van der Waals surface area contributed by atoms with Gasteiger partial charge in [0.05, 0.1) is 0 Å². The van der Waals surface area contributed by atoms with Crippen molar-refractivity contribution in [2.75, 3.05) is 5.75 Å². The van der Waals surface area contributed by atoms with Crippen LogP contribution < -0.4 is 5.32 Å². The highest BCUT2D eigenvalue weighted by Gasteiger charge is 2.21. The molecule has 2 heterocycles. The summed E-state index contributed by atoms with van der Waals surface area (Å²) in [5, 5.41) is 6.67. The number of thioether (sulfide) groups is 1. The average molecular weight is 227 g/mol. The maximum Gasteiger partial charge on any atom is 0.0305 e. The number of aryl methyl sites for hydroxylation is 1. The number of hydrogen-bond donors (Lipinski definition) is 1. The maximum absolute atomic E-state index is 3.64. The summed E-state index contributed by atoms with van der Waals surface area (Å²) in [7, 11) is 0. The first kappa shape index (κ1) is 10.5. The predicted molar refractivity (Wildman–Crippen MR) is 66.2 cm³/mol. The number of hydrogen-bond acceptors (Lipinski definition) is 3. The topological polar surface area (TPSA) is 12.0 Å². The smallest absolute Gasteiger partial charge is 0.0305 e. The van der Waals surface area contributed by atoms with Crippen molar-refractivity contribution in [1.29, 1.82) is 0 Å². The molecule has 1 fully saturated rings. The highest BCUT2D eigenvalue weighted by Crippen LogP contribution is 2.26. The van der Waals surface area contributed by atoms with Crippen molar-refractivity contribution in [3.8, 4) is 0 Å². The SMILES string of the molecule is Cc1ccsc1CNC1CSC(C)C1. The molecule has 78 valence electrons. The van der Waals surface area contributed by atoms with E-state index in [1.165, 1.54) is 22.6 Å². The van der Waals surface area contributed by atoms with Gasteiger partial charge in [0, 0.05) is 28.5 Å². The zero-order valence-corrected chi connectivity index (χ0v) is 10.4. The van der Waals surface area contributed by atoms with Gasteiger partial charge in [0.25, 0.3) is 0 Å². The van der Waals surface area contributed by atoms with E-state index in [4.69, 9.17) is 0 Å². The van der Waals surface area contributed by atoms with Gasteiger partial charge in [-0.2, -0.15) is 11.8 Å². The molecule has 1 aliphatic heterocycles. The van der Waals surface area contributed by atoms with Gasteiger partial charge in [0.2, 0.25) is 0 Å². The second-order valence-corrected chi connectivity index (χ2v) is 6.46. The van der Waals surface area contributed by atoms with Gasteiger partial charge in [-0.1, -0.05) is 6.92 Å². The van der Waals surface area contributed by atoms with Crippen molar-refractivity contribution in [1.82, 2.24) is 5.32 Å². The fourth-order valence-corrected chi connectivity index (χ4v) is 3.82. The summed E-state index contributed by atoms with van der Waals surface area (Å²) in [6.45, 7) is 5.57. The Morgan fingerprint density at radius 3 is 3.00 bits per heavy atom. The molecule has 0 bridgehead atoms. The summed E-state index contributed by atoms with van der Waals surface area (Å²) in [6.07, 6.45) is 1.33. The molecular weight excluding hydrogens is 210 g/mol. The Morgan fingerprint density at radius 1 is 1.57 bits per heavy atom. The quantitative estimate of drug-likeness (QED) is 0.852. The molecule has 0 aromatic carbocycles. The van der Waals surface area contributed by atoms with Crippen LogP contribution in [-0.4, -0.2) is 17.0 Å². The molecule has 2 atom stereocenters. The molecule has 1 aromatic rings. The van der Waals surface area contributed by atoms with Gasteiger partial charge < -0.3 is 5.32 Å². The van der Waals surface area contributed by atoms with E-state index in [1.54, 1.807) is 0 Å². The number of nitrogens with one attached hydrogen (secondary N) is 1. The standard InChI is InChI=1S/C11H17NS2/c1-8-3-4-13-11(8)6-12-10-5-9(2)14-7-10/h3-4,9-10,12H,5-7H2,1-2H3. The second kappa shape index (κ2) is 4.69. The van der Waals surface area contributed by atoms with Crippen LogP contribution >= 0.6 is 23.1 Å². The molecule has 1 aliphatic rings. The largest absolute Gasteiger partial charge is 0.308 e. The van der Waals surface area contributed by atoms with E-state index in [1.807, 2.05) is 11.3 Å². The van der Waals surface area contributed by atoms with Crippen molar-refractivity contribution in [3.63, 3.8) is 0 Å². The third kappa shape index (κ3) is 2.53. The number of rotatable bonds is 3. The molecule has 0 saturated carbocycles. The van der Waals surface area contributed by atoms with Gasteiger partial charge in [0.1, 0.15) is 0 Å². The van der Waals surface area contributed by atoms with Crippen molar-refractivity contribution in [2.24, 2.45) is 0 Å². The zero-order chi connectivity index (χ0) is 9.97. The van der Waals surface area contributed by atoms with E-state index >= 15 is 0 Å². The summed E-state index contributed by atoms with van der Waals surface area (Å²) < 4.78 is 0. The zero-order valence-electron chi connectivity index (χ0n) is 8.75. The van der Waals surface area contributed by atoms with Gasteiger partial charge in [-0.15, -0.1) is 11.3 Å². The van der Waals surface area contributed by atoms with Crippen LogP contribution in [0, 0.1) is 6.92 Å². The molecule has 0 amide bonds. The lowest BCUT2D eigenvalue weighted by Gasteiger charge is -2.10. The van der Waals surface area contributed by atoms with Crippen molar-refractivity contribution in [3.05, 3.63) is 21.9 Å². The van der Waals surface area contributed by atoms with Crippen molar-refractivity contribution >= 4 is 23.1 Å². The highest BCUT2D eigenvalue weighted by molar-refractivity contribution is 8.00. The molecular formula is C11H17NS2. The van der Waals surface area contributed by atoms with Crippen LogP contribution in [0.4, 0.5) is 0 Å². The van der Waals surface area contributed by atoms with Crippen LogP contribution in [-0.2, 0) is 6.54 Å². The Bertz CT molecular complexity index is 295. The first-order valence-corrected chi connectivity index (χ1v) is 7.06. The molecule has 14 heavy (non-hydrogen) atoms. The third-order valence-electron chi connectivity index (χ3n) is 2.72. The van der Waals surface area contributed by atoms with E-state index in [-0.39, 0.29) is 0 Å². The maximum atomic E-state index is 3.64. The molecule has 1 nitrogen and oxygen atoms in total. The fraction of sp³-hybridized carbons (Fsp3) is 0.636. The Hall–Kier alpha value is 0.01000. The first-order valence-electron chi connectivity index (χ1n) is 5.13. The van der Waals surface area contributed by atoms with E-state index in [0.29, 0.717) is 0 Å². The van der Waals surface area contributed by atoms with E-state index in [0.717, 1.165) is 17.8 Å². The minimum Gasteiger partial charge on any atom is -0.308 e. The molecule has 2 rings (SSSR count). The summed E-state index contributed by atoms with van der Waals surface area (Å²) in [6, 6.07) is 2.93. The Kier molecular flexibility index (Phi) is 3.52. The summed E-state index contributed by atoms with van der Waals surface area (Å²) in [5.41, 5.74) is 1.43. The van der Waals surface area contributed by atoms with Gasteiger partial charge in [0.15, 0.2) is 0 Å². The molecule has 0 aliphatic carbocycles. The minimum absolute atomic E-state index is 0.733. The third-order valence-corrected chi connectivity index (χ3v) is 5.10. The van der Waals surface area contributed by atoms with E-state index in [2.05, 4.69) is 42.4 Å². The van der Waals surface area contributed by atoms with Crippen molar-refractivity contribution < 1.29 is 0 Å². The average Bonchev–Trinajstić information content (AvgIpc) is 2.72. The first-order chi connectivity index (χ1) is 6.75. The summed E-state index contributed by atoms with van der Waals surface area (Å²) in [5.74, 6) is 1.28. The minimum atomic E-state index is 0.733. The normalized spacial score (nSPS) is 27.0. The Morgan fingerprint density at radius 2 is 2.43 bits per heavy atom. The molecule has 3 heteroatoms. The lowest BCUT2D eigenvalue weighted by Crippen LogP contribution is -2.28. The fourth-order valence-electron chi connectivity index (χ4n) is 1.78. The Labute approximate surface area is 94.3 Å². The van der Waals surface area contributed by atoms with Crippen LogP contribution in [0.15, 0.2) is 11.4 Å². The van der Waals surface area contributed by atoms with Crippen LogP contribution in [0.25, 0.3) is 0 Å². The lowest BCUT2D eigenvalue weighted by atomic mass is 10.2. The van der Waals surface area contributed by atoms with Crippen molar-refractivity contribution in [2.45, 2.75) is 38.1 Å². The molecule has 1 saturated heterocycles. The highest BCUT2D eigenvalue weighted by atomic mass is 32.2. The van der Waals surface area contributed by atoms with Gasteiger partial charge in [-0.3, -0.25) is 0 Å². The molecule has 0 radical (unpaired) electrons. The molecule has 1 N–H and O–H groups in total. The molecule has 1 aromatic heterocycles. The van der Waals surface area contributed by atoms with Gasteiger partial charge >= 0.3 is 0 Å². The monoisotopic (exact) mass is 227 g/mol. The van der Waals surface area contributed by atoms with Crippen LogP contribution in [0.1, 0.15) is 23.8 Å². The number of thiophene rings is 1. The molecule has 2 unspecified atom stereocenters.